The molecular formula is C23H29ClF6N4O2Si. The van der Waals surface area contributed by atoms with E-state index in [9.17, 15) is 35.9 Å². The van der Waals surface area contributed by atoms with Crippen LogP contribution in [0, 0.1) is 13.8 Å². The van der Waals surface area contributed by atoms with Gasteiger partial charge in [0.25, 0.3) is 5.24 Å². The van der Waals surface area contributed by atoms with Crippen LogP contribution in [-0.4, -0.2) is 33.5 Å². The van der Waals surface area contributed by atoms with E-state index in [0.717, 1.165) is 28.9 Å². The fraction of sp³-hybridized carbons (Fsp3) is 0.391. The van der Waals surface area contributed by atoms with E-state index in [1.165, 1.54) is 26.0 Å². The molecule has 206 valence electrons. The number of aromatic amines is 1. The van der Waals surface area contributed by atoms with Crippen LogP contribution in [0.1, 0.15) is 40.0 Å². The number of aromatic nitrogens is 4. The van der Waals surface area contributed by atoms with Gasteiger partial charge in [0.15, 0.2) is 0 Å². The Morgan fingerprint density at radius 3 is 1.68 bits per heavy atom. The van der Waals surface area contributed by atoms with Crippen LogP contribution in [0.25, 0.3) is 5.69 Å². The quantitative estimate of drug-likeness (QED) is 0.200. The number of aryl methyl sites for hydroxylation is 2. The van der Waals surface area contributed by atoms with Crippen LogP contribution in [-0.2, 0) is 12.4 Å². The van der Waals surface area contributed by atoms with Crippen molar-refractivity contribution in [3.05, 3.63) is 74.7 Å². The summed E-state index contributed by atoms with van der Waals surface area (Å²) >= 11 is 5.09. The Bertz CT molecular complexity index is 1240. The van der Waals surface area contributed by atoms with Crippen molar-refractivity contribution >= 4 is 24.9 Å². The average molecular weight is 571 g/mol. The summed E-state index contributed by atoms with van der Waals surface area (Å²) in [6, 6.07) is 6.26. The number of benzene rings is 2. The molecule has 0 saturated heterocycles. The highest BCUT2D eigenvalue weighted by atomic mass is 35.5. The Kier molecular flexibility index (Phi) is 12.0. The van der Waals surface area contributed by atoms with Crippen LogP contribution < -0.4 is 5.69 Å². The zero-order valence-corrected chi connectivity index (χ0v) is 22.0. The van der Waals surface area contributed by atoms with Gasteiger partial charge >= 0.3 is 18.0 Å². The van der Waals surface area contributed by atoms with E-state index < -0.39 is 42.5 Å². The number of nitrogens with one attached hydrogen (secondary N) is 1. The minimum atomic E-state index is -4.46. The molecule has 0 aliphatic heterocycles. The molecule has 0 radical (unpaired) electrons. The van der Waals surface area contributed by atoms with E-state index in [0.29, 0.717) is 11.1 Å². The zero-order valence-electron chi connectivity index (χ0n) is 20.3. The van der Waals surface area contributed by atoms with Gasteiger partial charge in [0.2, 0.25) is 0 Å². The van der Waals surface area contributed by atoms with E-state index in [2.05, 4.69) is 36.6 Å². The lowest BCUT2D eigenvalue weighted by atomic mass is 10.1. The second kappa shape index (κ2) is 13.0. The molecule has 0 fully saturated rings. The fourth-order valence-electron chi connectivity index (χ4n) is 2.48. The smallest absolute Gasteiger partial charge is 0.276 e. The van der Waals surface area contributed by atoms with Crippen molar-refractivity contribution in [1.29, 1.82) is 0 Å². The summed E-state index contributed by atoms with van der Waals surface area (Å²) in [5.41, 5.74) is -1.77. The van der Waals surface area contributed by atoms with Crippen molar-refractivity contribution in [1.82, 2.24) is 20.2 Å². The molecule has 1 heterocycles. The van der Waals surface area contributed by atoms with Gasteiger partial charge in [-0.2, -0.15) is 31.0 Å². The maximum absolute atomic E-state index is 12.6. The molecule has 0 saturated carbocycles. The van der Waals surface area contributed by atoms with Crippen LogP contribution in [0.4, 0.5) is 26.3 Å². The third kappa shape index (κ3) is 12.2. The lowest BCUT2D eigenvalue weighted by Crippen LogP contribution is -2.17. The minimum Gasteiger partial charge on any atom is -0.276 e. The van der Waals surface area contributed by atoms with Gasteiger partial charge in [-0.05, 0) is 83.4 Å². The lowest BCUT2D eigenvalue weighted by Gasteiger charge is -2.09. The van der Waals surface area contributed by atoms with E-state index in [1.54, 1.807) is 0 Å². The van der Waals surface area contributed by atoms with Gasteiger partial charge in [-0.1, -0.05) is 33.6 Å². The molecule has 2 aromatic carbocycles. The van der Waals surface area contributed by atoms with Gasteiger partial charge in [-0.15, -0.1) is 0 Å². The standard InChI is InChI=1S/C9H6ClF3O.C9H7F3N4O.C4H12Si.CH4/c1-5-2-6(8(10)14)4-7(3-5)9(11,12)13;1-5-2-6(9(10,11)12)4-7(3-5)16-8(17)13-14-15-16;1-5(2,3)4;/h2-4H,1H3;2-4H,1H3,(H,13,15,17);1-4H3;1H4. The molecule has 37 heavy (non-hydrogen) atoms. The lowest BCUT2D eigenvalue weighted by molar-refractivity contribution is -0.138. The molecule has 0 amide bonds. The van der Waals surface area contributed by atoms with E-state index in [-0.39, 0.29) is 18.7 Å². The first-order chi connectivity index (χ1) is 16.2. The minimum absolute atomic E-state index is 0. The van der Waals surface area contributed by atoms with E-state index in [1.807, 2.05) is 5.10 Å². The molecule has 0 aliphatic rings. The number of hydrogen-bond acceptors (Lipinski definition) is 4. The van der Waals surface area contributed by atoms with Crippen LogP contribution in [0.2, 0.25) is 26.2 Å². The summed E-state index contributed by atoms with van der Waals surface area (Å²) in [5, 5.41) is 7.72. The summed E-state index contributed by atoms with van der Waals surface area (Å²) in [6.45, 7) is 12.3. The molecule has 0 spiro atoms. The maximum atomic E-state index is 12.6. The molecule has 1 N–H and O–H groups in total. The molecule has 0 aliphatic carbocycles. The number of carbonyl (C=O) groups is 1. The molecule has 3 rings (SSSR count). The molecule has 0 atom stereocenters. The van der Waals surface area contributed by atoms with Gasteiger partial charge in [-0.3, -0.25) is 4.79 Å². The summed E-state index contributed by atoms with van der Waals surface area (Å²) in [6.07, 6.45) is -8.92. The molecule has 0 unspecified atom stereocenters. The predicted molar refractivity (Wildman–Crippen MR) is 134 cm³/mol. The average Bonchev–Trinajstić information content (AvgIpc) is 3.11. The number of rotatable bonds is 2. The summed E-state index contributed by atoms with van der Waals surface area (Å²) < 4.78 is 75.2. The van der Waals surface area contributed by atoms with Crippen molar-refractivity contribution in [3.63, 3.8) is 0 Å². The highest BCUT2D eigenvalue weighted by Crippen LogP contribution is 2.31. The van der Waals surface area contributed by atoms with Crippen LogP contribution >= 0.6 is 11.6 Å². The van der Waals surface area contributed by atoms with Crippen molar-refractivity contribution in [3.8, 4) is 5.69 Å². The molecule has 1 aromatic heterocycles. The Morgan fingerprint density at radius 2 is 1.30 bits per heavy atom. The largest absolute Gasteiger partial charge is 0.416 e. The summed E-state index contributed by atoms with van der Waals surface area (Å²) in [5.74, 6) is 0. The monoisotopic (exact) mass is 570 g/mol. The van der Waals surface area contributed by atoms with Crippen molar-refractivity contribution < 1.29 is 31.1 Å². The van der Waals surface area contributed by atoms with Gasteiger partial charge in [-0.25, -0.2) is 9.89 Å². The Labute approximate surface area is 216 Å². The molecular weight excluding hydrogens is 542 g/mol. The van der Waals surface area contributed by atoms with Gasteiger partial charge in [0.1, 0.15) is 0 Å². The van der Waals surface area contributed by atoms with Gasteiger partial charge in [0, 0.05) is 13.6 Å². The third-order valence-electron chi connectivity index (χ3n) is 3.74. The number of halogens is 7. The Balaban J connectivity index is 0.000000588. The predicted octanol–water partition coefficient (Wildman–Crippen LogP) is 7.27. The molecule has 6 nitrogen and oxygen atoms in total. The van der Waals surface area contributed by atoms with Crippen LogP contribution in [0.5, 0.6) is 0 Å². The topological polar surface area (TPSA) is 80.6 Å². The molecule has 3 aromatic rings. The second-order valence-electron chi connectivity index (χ2n) is 9.33. The summed E-state index contributed by atoms with van der Waals surface area (Å²) in [4.78, 5) is 21.9. The Morgan fingerprint density at radius 1 is 0.865 bits per heavy atom. The number of carbonyl (C=O) groups excluding carboxylic acids is 1. The first-order valence-electron chi connectivity index (χ1n) is 10.3. The van der Waals surface area contributed by atoms with Gasteiger partial charge in [0.05, 0.1) is 16.8 Å². The van der Waals surface area contributed by atoms with Crippen molar-refractivity contribution in [2.45, 2.75) is 59.8 Å². The first-order valence-corrected chi connectivity index (χ1v) is 14.6. The normalized spacial score (nSPS) is 11.4. The highest BCUT2D eigenvalue weighted by Gasteiger charge is 2.32. The van der Waals surface area contributed by atoms with Gasteiger partial charge < -0.3 is 0 Å². The highest BCUT2D eigenvalue weighted by molar-refractivity contribution is 6.74. The number of tetrazole rings is 1. The zero-order chi connectivity index (χ0) is 28.1. The molecule has 0 bridgehead atoms. The number of nitrogens with zero attached hydrogens (tertiary/aromatic N) is 3. The van der Waals surface area contributed by atoms with E-state index >= 15 is 0 Å². The Hall–Kier alpha value is -2.93. The van der Waals surface area contributed by atoms with Crippen LogP contribution in [0.3, 0.4) is 0 Å². The van der Waals surface area contributed by atoms with E-state index in [4.69, 9.17) is 11.6 Å². The number of hydrogen-bond donors (Lipinski definition) is 1. The first kappa shape index (κ1) is 34.1. The number of H-pyrrole nitrogens is 1. The second-order valence-corrected chi connectivity index (χ2v) is 15.7. The van der Waals surface area contributed by atoms with Crippen molar-refractivity contribution in [2.75, 3.05) is 0 Å². The SMILES string of the molecule is C.C[Si](C)(C)C.Cc1cc(-n2nn[nH]c2=O)cc(C(F)(F)F)c1.Cc1cc(C(=O)Cl)cc(C(F)(F)F)c1. The maximum Gasteiger partial charge on any atom is 0.416 e. The fourth-order valence-corrected chi connectivity index (χ4v) is 2.58. The summed E-state index contributed by atoms with van der Waals surface area (Å²) in [7, 11) is -0.611. The van der Waals surface area contributed by atoms with Crippen LogP contribution in [0.15, 0.2) is 41.2 Å². The molecule has 14 heteroatoms. The number of alkyl halides is 6. The van der Waals surface area contributed by atoms with Crippen molar-refractivity contribution in [2.24, 2.45) is 0 Å². The third-order valence-corrected chi connectivity index (χ3v) is 3.96.